The zero-order valence-corrected chi connectivity index (χ0v) is 13.0. The van der Waals surface area contributed by atoms with Gasteiger partial charge in [-0.05, 0) is 48.4 Å². The van der Waals surface area contributed by atoms with Gasteiger partial charge in [-0.3, -0.25) is 4.79 Å². The molecule has 0 bridgehead atoms. The number of amides is 1. The molecule has 2 rings (SSSR count). The summed E-state index contributed by atoms with van der Waals surface area (Å²) in [5.74, 6) is 1.51. The maximum atomic E-state index is 12.2. The molecule has 0 aromatic heterocycles. The van der Waals surface area contributed by atoms with Crippen molar-refractivity contribution in [2.24, 2.45) is 11.8 Å². The summed E-state index contributed by atoms with van der Waals surface area (Å²) in [6, 6.07) is 5.44. The van der Waals surface area contributed by atoms with Crippen molar-refractivity contribution in [3.05, 3.63) is 28.8 Å². The molecule has 0 radical (unpaired) electrons. The average molecular weight is 295 g/mol. The Morgan fingerprint density at radius 2 is 2.15 bits per heavy atom. The zero-order valence-electron chi connectivity index (χ0n) is 12.2. The van der Waals surface area contributed by atoms with Gasteiger partial charge in [0.2, 0.25) is 5.91 Å². The molecule has 3 nitrogen and oxygen atoms in total. The summed E-state index contributed by atoms with van der Waals surface area (Å²) in [6.45, 7) is 5.85. The standard InChI is InChI=1S/C16H23ClN2O/c1-11(2)12-3-6-16(20)19(8-7-12)10-13-9-14(18)4-5-15(13)17/h4-5,9,11-12H,3,6-8,10,18H2,1-2H3. The summed E-state index contributed by atoms with van der Waals surface area (Å²) in [6.07, 6.45) is 2.71. The first-order chi connectivity index (χ1) is 9.47. The third-order valence-electron chi connectivity index (χ3n) is 4.23. The van der Waals surface area contributed by atoms with Crippen molar-refractivity contribution in [3.8, 4) is 0 Å². The van der Waals surface area contributed by atoms with Gasteiger partial charge < -0.3 is 10.6 Å². The second-order valence-electron chi connectivity index (χ2n) is 6.00. The molecule has 4 heteroatoms. The number of nitrogen functional groups attached to an aromatic ring is 1. The molecule has 1 atom stereocenters. The fourth-order valence-corrected chi connectivity index (χ4v) is 2.99. The number of carbonyl (C=O) groups is 1. The van der Waals surface area contributed by atoms with E-state index in [0.29, 0.717) is 35.5 Å². The van der Waals surface area contributed by atoms with Gasteiger partial charge in [-0.15, -0.1) is 0 Å². The van der Waals surface area contributed by atoms with Crippen LogP contribution in [-0.4, -0.2) is 17.4 Å². The van der Waals surface area contributed by atoms with Gasteiger partial charge in [0.15, 0.2) is 0 Å². The van der Waals surface area contributed by atoms with Crippen LogP contribution in [-0.2, 0) is 11.3 Å². The molecular weight excluding hydrogens is 272 g/mol. The number of anilines is 1. The number of halogens is 1. The van der Waals surface area contributed by atoms with Crippen LogP contribution in [0.15, 0.2) is 18.2 Å². The van der Waals surface area contributed by atoms with Gasteiger partial charge in [-0.2, -0.15) is 0 Å². The van der Waals surface area contributed by atoms with E-state index in [4.69, 9.17) is 17.3 Å². The normalized spacial score (nSPS) is 20.3. The predicted octanol–water partition coefficient (Wildman–Crippen LogP) is 3.71. The van der Waals surface area contributed by atoms with E-state index in [1.165, 1.54) is 0 Å². The van der Waals surface area contributed by atoms with Crippen LogP contribution >= 0.6 is 11.6 Å². The fraction of sp³-hybridized carbons (Fsp3) is 0.562. The van der Waals surface area contributed by atoms with Crippen molar-refractivity contribution >= 4 is 23.2 Å². The zero-order chi connectivity index (χ0) is 14.7. The number of hydrogen-bond donors (Lipinski definition) is 1. The van der Waals surface area contributed by atoms with Crippen LogP contribution in [0.3, 0.4) is 0 Å². The van der Waals surface area contributed by atoms with Gasteiger partial charge >= 0.3 is 0 Å². The minimum atomic E-state index is 0.228. The first-order valence-electron chi connectivity index (χ1n) is 7.29. The third kappa shape index (κ3) is 3.66. The lowest BCUT2D eigenvalue weighted by Gasteiger charge is -2.22. The summed E-state index contributed by atoms with van der Waals surface area (Å²) >= 11 is 6.19. The highest BCUT2D eigenvalue weighted by Gasteiger charge is 2.24. The van der Waals surface area contributed by atoms with Gasteiger partial charge in [0.25, 0.3) is 0 Å². The van der Waals surface area contributed by atoms with E-state index in [1.807, 2.05) is 11.0 Å². The van der Waals surface area contributed by atoms with Crippen LogP contribution in [0.4, 0.5) is 5.69 Å². The molecule has 1 unspecified atom stereocenters. The molecule has 1 amide bonds. The van der Waals surface area contributed by atoms with Gasteiger partial charge in [-0.1, -0.05) is 25.4 Å². The maximum Gasteiger partial charge on any atom is 0.222 e. The molecule has 0 aliphatic carbocycles. The SMILES string of the molecule is CC(C)C1CCC(=O)N(Cc2cc(N)ccc2Cl)CC1. The van der Waals surface area contributed by atoms with E-state index in [9.17, 15) is 4.79 Å². The Kier molecular flexibility index (Phi) is 4.92. The first-order valence-corrected chi connectivity index (χ1v) is 7.67. The Hall–Kier alpha value is -1.22. The Morgan fingerprint density at radius 1 is 1.40 bits per heavy atom. The summed E-state index contributed by atoms with van der Waals surface area (Å²) in [4.78, 5) is 14.2. The molecular formula is C16H23ClN2O. The number of hydrogen-bond acceptors (Lipinski definition) is 2. The maximum absolute atomic E-state index is 12.2. The number of nitrogens with two attached hydrogens (primary N) is 1. The summed E-state index contributed by atoms with van der Waals surface area (Å²) in [5.41, 5.74) is 7.42. The van der Waals surface area contributed by atoms with Crippen molar-refractivity contribution in [2.75, 3.05) is 12.3 Å². The van der Waals surface area contributed by atoms with Crippen LogP contribution in [0.1, 0.15) is 38.7 Å². The molecule has 110 valence electrons. The van der Waals surface area contributed by atoms with Crippen LogP contribution in [0.5, 0.6) is 0 Å². The quantitative estimate of drug-likeness (QED) is 0.864. The molecule has 1 aromatic rings. The molecule has 1 fully saturated rings. The molecule has 1 heterocycles. The second-order valence-corrected chi connectivity index (χ2v) is 6.40. The number of likely N-dealkylation sites (tertiary alicyclic amines) is 1. The van der Waals surface area contributed by atoms with E-state index in [2.05, 4.69) is 13.8 Å². The lowest BCUT2D eigenvalue weighted by molar-refractivity contribution is -0.131. The molecule has 2 N–H and O–H groups in total. The van der Waals surface area contributed by atoms with Crippen LogP contribution in [0, 0.1) is 11.8 Å². The Labute approximate surface area is 126 Å². The Balaban J connectivity index is 2.08. The summed E-state index contributed by atoms with van der Waals surface area (Å²) in [5, 5.41) is 0.677. The number of benzene rings is 1. The van der Waals surface area contributed by atoms with Crippen LogP contribution < -0.4 is 5.73 Å². The Morgan fingerprint density at radius 3 is 2.85 bits per heavy atom. The van der Waals surface area contributed by atoms with Gasteiger partial charge in [-0.25, -0.2) is 0 Å². The van der Waals surface area contributed by atoms with E-state index in [-0.39, 0.29) is 5.91 Å². The van der Waals surface area contributed by atoms with Gasteiger partial charge in [0.1, 0.15) is 0 Å². The highest BCUT2D eigenvalue weighted by atomic mass is 35.5. The van der Waals surface area contributed by atoms with Crippen molar-refractivity contribution in [2.45, 2.75) is 39.7 Å². The number of carbonyl (C=O) groups excluding carboxylic acids is 1. The summed E-state index contributed by atoms with van der Waals surface area (Å²) in [7, 11) is 0. The number of rotatable bonds is 3. The predicted molar refractivity (Wildman–Crippen MR) is 83.5 cm³/mol. The van der Waals surface area contributed by atoms with E-state index < -0.39 is 0 Å². The largest absolute Gasteiger partial charge is 0.399 e. The molecule has 1 aliphatic rings. The topological polar surface area (TPSA) is 46.3 Å². The first kappa shape index (κ1) is 15.2. The van der Waals surface area contributed by atoms with Crippen molar-refractivity contribution < 1.29 is 4.79 Å². The van der Waals surface area contributed by atoms with E-state index in [1.54, 1.807) is 12.1 Å². The molecule has 0 saturated carbocycles. The smallest absolute Gasteiger partial charge is 0.222 e. The minimum absolute atomic E-state index is 0.228. The lowest BCUT2D eigenvalue weighted by atomic mass is 9.89. The van der Waals surface area contributed by atoms with E-state index >= 15 is 0 Å². The minimum Gasteiger partial charge on any atom is -0.399 e. The average Bonchev–Trinajstić information content (AvgIpc) is 2.57. The third-order valence-corrected chi connectivity index (χ3v) is 4.59. The molecule has 1 aliphatic heterocycles. The highest BCUT2D eigenvalue weighted by molar-refractivity contribution is 6.31. The Bertz CT molecular complexity index is 487. The van der Waals surface area contributed by atoms with E-state index in [0.717, 1.165) is 24.9 Å². The van der Waals surface area contributed by atoms with Crippen molar-refractivity contribution in [1.29, 1.82) is 0 Å². The number of nitrogens with zero attached hydrogens (tertiary/aromatic N) is 1. The monoisotopic (exact) mass is 294 g/mol. The second kappa shape index (κ2) is 6.49. The van der Waals surface area contributed by atoms with Crippen molar-refractivity contribution in [3.63, 3.8) is 0 Å². The van der Waals surface area contributed by atoms with Crippen LogP contribution in [0.2, 0.25) is 5.02 Å². The molecule has 0 spiro atoms. The highest BCUT2D eigenvalue weighted by Crippen LogP contribution is 2.27. The van der Waals surface area contributed by atoms with Crippen molar-refractivity contribution in [1.82, 2.24) is 4.90 Å². The molecule has 1 saturated heterocycles. The molecule has 20 heavy (non-hydrogen) atoms. The lowest BCUT2D eigenvalue weighted by Crippen LogP contribution is -2.30. The van der Waals surface area contributed by atoms with Gasteiger partial charge in [0, 0.05) is 30.2 Å². The molecule has 1 aromatic carbocycles. The van der Waals surface area contributed by atoms with Crippen LogP contribution in [0.25, 0.3) is 0 Å². The fourth-order valence-electron chi connectivity index (χ4n) is 2.81. The summed E-state index contributed by atoms with van der Waals surface area (Å²) < 4.78 is 0. The van der Waals surface area contributed by atoms with Gasteiger partial charge in [0.05, 0.1) is 0 Å².